The largest absolute Gasteiger partial charge is 0.271 e. The highest BCUT2D eigenvalue weighted by atomic mass is 35.5. The van der Waals surface area contributed by atoms with Crippen molar-refractivity contribution in [3.63, 3.8) is 0 Å². The van der Waals surface area contributed by atoms with E-state index < -0.39 is 0 Å². The lowest BCUT2D eigenvalue weighted by atomic mass is 9.92. The van der Waals surface area contributed by atoms with Crippen LogP contribution in [0.15, 0.2) is 18.2 Å². The summed E-state index contributed by atoms with van der Waals surface area (Å²) in [6.45, 7) is 4.04. The molecule has 1 aromatic rings. The Morgan fingerprint density at radius 2 is 2.20 bits per heavy atom. The van der Waals surface area contributed by atoms with Crippen LogP contribution >= 0.6 is 11.6 Å². The molecular weight excluding hydrogens is 215 g/mol. The molecular formula is C11H16ClFN2. The number of benzene rings is 1. The minimum absolute atomic E-state index is 0.226. The first-order chi connectivity index (χ1) is 7.11. The van der Waals surface area contributed by atoms with Gasteiger partial charge in [0.15, 0.2) is 0 Å². The van der Waals surface area contributed by atoms with Crippen LogP contribution in [0.4, 0.5) is 4.39 Å². The highest BCUT2D eigenvalue weighted by Crippen LogP contribution is 2.31. The summed E-state index contributed by atoms with van der Waals surface area (Å²) in [5.41, 5.74) is 3.08. The number of hydrogen-bond donors (Lipinski definition) is 2. The maximum absolute atomic E-state index is 13.6. The average Bonchev–Trinajstić information content (AvgIpc) is 2.22. The van der Waals surface area contributed by atoms with Crippen LogP contribution in [0, 0.1) is 11.7 Å². The van der Waals surface area contributed by atoms with E-state index in [4.69, 9.17) is 17.4 Å². The average molecular weight is 231 g/mol. The van der Waals surface area contributed by atoms with E-state index in [1.54, 1.807) is 12.1 Å². The molecule has 2 nitrogen and oxygen atoms in total. The Morgan fingerprint density at radius 3 is 2.67 bits per heavy atom. The molecule has 84 valence electrons. The van der Waals surface area contributed by atoms with Crippen molar-refractivity contribution in [2.45, 2.75) is 26.3 Å². The molecule has 0 aliphatic heterocycles. The maximum atomic E-state index is 13.6. The Morgan fingerprint density at radius 1 is 1.53 bits per heavy atom. The zero-order valence-corrected chi connectivity index (χ0v) is 9.68. The fourth-order valence-electron chi connectivity index (χ4n) is 1.58. The third-order valence-corrected chi connectivity index (χ3v) is 3.03. The summed E-state index contributed by atoms with van der Waals surface area (Å²) in [6.07, 6.45) is 0.902. The van der Waals surface area contributed by atoms with Crippen molar-refractivity contribution in [1.29, 1.82) is 0 Å². The number of rotatable bonds is 4. The van der Waals surface area contributed by atoms with Gasteiger partial charge in [-0.15, -0.1) is 0 Å². The summed E-state index contributed by atoms with van der Waals surface area (Å²) in [5, 5.41) is 0.415. The van der Waals surface area contributed by atoms with Gasteiger partial charge in [-0.1, -0.05) is 37.9 Å². The molecule has 0 spiro atoms. The van der Waals surface area contributed by atoms with E-state index in [9.17, 15) is 4.39 Å². The molecule has 0 bridgehead atoms. The Balaban J connectivity index is 3.11. The van der Waals surface area contributed by atoms with Crippen molar-refractivity contribution in [2.75, 3.05) is 0 Å². The van der Waals surface area contributed by atoms with E-state index in [1.165, 1.54) is 6.07 Å². The van der Waals surface area contributed by atoms with Gasteiger partial charge < -0.3 is 0 Å². The normalized spacial score (nSPS) is 15.0. The highest BCUT2D eigenvalue weighted by molar-refractivity contribution is 6.31. The zero-order valence-electron chi connectivity index (χ0n) is 8.93. The minimum Gasteiger partial charge on any atom is -0.271 e. The van der Waals surface area contributed by atoms with Crippen molar-refractivity contribution in [1.82, 2.24) is 5.43 Å². The summed E-state index contributed by atoms with van der Waals surface area (Å²) >= 11 is 5.97. The summed E-state index contributed by atoms with van der Waals surface area (Å²) in [6, 6.07) is 4.41. The van der Waals surface area contributed by atoms with Gasteiger partial charge in [0.05, 0.1) is 6.04 Å². The number of hydrogen-bond acceptors (Lipinski definition) is 2. The Labute approximate surface area is 94.6 Å². The van der Waals surface area contributed by atoms with Gasteiger partial charge in [-0.25, -0.2) is 4.39 Å². The summed E-state index contributed by atoms with van der Waals surface area (Å²) in [4.78, 5) is 0. The SMILES string of the molecule is CCC(C)C(NN)c1c(F)cccc1Cl. The van der Waals surface area contributed by atoms with Gasteiger partial charge in [0.25, 0.3) is 0 Å². The van der Waals surface area contributed by atoms with E-state index in [1.807, 2.05) is 13.8 Å². The van der Waals surface area contributed by atoms with Crippen molar-refractivity contribution in [3.05, 3.63) is 34.6 Å². The van der Waals surface area contributed by atoms with Crippen molar-refractivity contribution < 1.29 is 4.39 Å². The third-order valence-electron chi connectivity index (χ3n) is 2.70. The second-order valence-corrected chi connectivity index (χ2v) is 4.07. The lowest BCUT2D eigenvalue weighted by molar-refractivity contribution is 0.371. The van der Waals surface area contributed by atoms with Crippen LogP contribution in [0.2, 0.25) is 5.02 Å². The number of nitrogens with one attached hydrogen (secondary N) is 1. The van der Waals surface area contributed by atoms with E-state index in [-0.39, 0.29) is 17.8 Å². The summed E-state index contributed by atoms with van der Waals surface area (Å²) in [5.74, 6) is 5.36. The molecule has 15 heavy (non-hydrogen) atoms. The van der Waals surface area contributed by atoms with Crippen LogP contribution in [0.3, 0.4) is 0 Å². The predicted octanol–water partition coefficient (Wildman–Crippen LogP) is 3.03. The minimum atomic E-state index is -0.314. The fourth-order valence-corrected chi connectivity index (χ4v) is 1.86. The third kappa shape index (κ3) is 2.68. The molecule has 0 radical (unpaired) electrons. The number of hydrazine groups is 1. The topological polar surface area (TPSA) is 38.0 Å². The highest BCUT2D eigenvalue weighted by Gasteiger charge is 2.22. The number of nitrogens with two attached hydrogens (primary N) is 1. The van der Waals surface area contributed by atoms with Crippen LogP contribution in [-0.2, 0) is 0 Å². The van der Waals surface area contributed by atoms with Crippen molar-refractivity contribution >= 4 is 11.6 Å². The molecule has 2 atom stereocenters. The van der Waals surface area contributed by atoms with Crippen molar-refractivity contribution in [2.24, 2.45) is 11.8 Å². The summed E-state index contributed by atoms with van der Waals surface area (Å²) < 4.78 is 13.6. The van der Waals surface area contributed by atoms with Gasteiger partial charge in [-0.05, 0) is 18.1 Å². The van der Waals surface area contributed by atoms with E-state index in [2.05, 4.69) is 5.43 Å². The van der Waals surface area contributed by atoms with Crippen LogP contribution in [0.1, 0.15) is 31.9 Å². The van der Waals surface area contributed by atoms with Crippen LogP contribution in [0.25, 0.3) is 0 Å². The van der Waals surface area contributed by atoms with Gasteiger partial charge >= 0.3 is 0 Å². The second kappa shape index (κ2) is 5.45. The molecule has 0 saturated heterocycles. The molecule has 1 aromatic carbocycles. The summed E-state index contributed by atoms with van der Waals surface area (Å²) in [7, 11) is 0. The Hall–Kier alpha value is -0.640. The molecule has 0 amide bonds. The second-order valence-electron chi connectivity index (χ2n) is 3.67. The molecule has 0 aliphatic carbocycles. The molecule has 2 unspecified atom stereocenters. The Kier molecular flexibility index (Phi) is 4.51. The van der Waals surface area contributed by atoms with Gasteiger partial charge in [0.2, 0.25) is 0 Å². The maximum Gasteiger partial charge on any atom is 0.129 e. The predicted molar refractivity (Wildman–Crippen MR) is 60.9 cm³/mol. The van der Waals surface area contributed by atoms with Crippen molar-refractivity contribution in [3.8, 4) is 0 Å². The monoisotopic (exact) mass is 230 g/mol. The molecule has 0 heterocycles. The van der Waals surface area contributed by atoms with Gasteiger partial charge in [0, 0.05) is 10.6 Å². The van der Waals surface area contributed by atoms with Crippen LogP contribution in [-0.4, -0.2) is 0 Å². The van der Waals surface area contributed by atoms with Gasteiger partial charge in [-0.3, -0.25) is 11.3 Å². The van der Waals surface area contributed by atoms with Gasteiger partial charge in [0.1, 0.15) is 5.82 Å². The Bertz CT molecular complexity index is 310. The quantitative estimate of drug-likeness (QED) is 0.617. The lowest BCUT2D eigenvalue weighted by Gasteiger charge is -2.23. The molecule has 0 aromatic heterocycles. The standard InChI is InChI=1S/C11H16ClFN2/c1-3-7(2)11(15-14)10-8(12)5-4-6-9(10)13/h4-7,11,15H,3,14H2,1-2H3. The smallest absolute Gasteiger partial charge is 0.129 e. The molecule has 0 saturated carbocycles. The first-order valence-corrected chi connectivity index (χ1v) is 5.39. The molecule has 3 N–H and O–H groups in total. The van der Waals surface area contributed by atoms with Crippen LogP contribution in [0.5, 0.6) is 0 Å². The van der Waals surface area contributed by atoms with E-state index in [0.29, 0.717) is 10.6 Å². The zero-order chi connectivity index (χ0) is 11.4. The molecule has 1 rings (SSSR count). The van der Waals surface area contributed by atoms with Gasteiger partial charge in [-0.2, -0.15) is 0 Å². The van der Waals surface area contributed by atoms with Crippen LogP contribution < -0.4 is 11.3 Å². The molecule has 0 aliphatic rings. The van der Waals surface area contributed by atoms with E-state index in [0.717, 1.165) is 6.42 Å². The lowest BCUT2D eigenvalue weighted by Crippen LogP contribution is -2.33. The molecule has 0 fully saturated rings. The fraction of sp³-hybridized carbons (Fsp3) is 0.455. The van der Waals surface area contributed by atoms with E-state index >= 15 is 0 Å². The molecule has 4 heteroatoms. The number of halogens is 2. The first-order valence-electron chi connectivity index (χ1n) is 5.01. The first kappa shape index (κ1) is 12.4.